The van der Waals surface area contributed by atoms with Crippen LogP contribution >= 0.6 is 0 Å². The fourth-order valence-corrected chi connectivity index (χ4v) is 3.27. The van der Waals surface area contributed by atoms with Crippen molar-refractivity contribution < 1.29 is 22.0 Å². The Labute approximate surface area is 137 Å². The zero-order valence-corrected chi connectivity index (χ0v) is 13.5. The van der Waals surface area contributed by atoms with Gasteiger partial charge in [-0.3, -0.25) is 4.79 Å². The van der Waals surface area contributed by atoms with Gasteiger partial charge in [0, 0.05) is 24.1 Å². The summed E-state index contributed by atoms with van der Waals surface area (Å²) >= 11 is 0. The maximum Gasteiger partial charge on any atom is 0.341 e. The van der Waals surface area contributed by atoms with Gasteiger partial charge in [0.05, 0.1) is 11.3 Å². The molecule has 0 bridgehead atoms. The number of amides is 1. The van der Waals surface area contributed by atoms with Crippen LogP contribution in [0.1, 0.15) is 5.56 Å². The lowest BCUT2D eigenvalue weighted by atomic mass is 10.1. The monoisotopic (exact) mass is 352 g/mol. The molecule has 0 aromatic heterocycles. The van der Waals surface area contributed by atoms with Crippen LogP contribution < -0.4 is 10.2 Å². The number of fused-ring (bicyclic) bond motifs is 1. The van der Waals surface area contributed by atoms with Crippen molar-refractivity contribution in [3.63, 3.8) is 0 Å². The largest absolute Gasteiger partial charge is 0.356 e. The lowest BCUT2D eigenvalue weighted by molar-refractivity contribution is -0.117. The summed E-state index contributed by atoms with van der Waals surface area (Å²) in [5.41, 5.74) is 3.02. The molecule has 1 aliphatic rings. The zero-order valence-electron chi connectivity index (χ0n) is 12.7. The molecule has 0 spiro atoms. The van der Waals surface area contributed by atoms with Crippen LogP contribution in [0.2, 0.25) is 0 Å². The summed E-state index contributed by atoms with van der Waals surface area (Å²) in [6.45, 7) is 0. The highest BCUT2D eigenvalue weighted by Gasteiger charge is 2.26. The van der Waals surface area contributed by atoms with Gasteiger partial charge in [-0.1, -0.05) is 0 Å². The summed E-state index contributed by atoms with van der Waals surface area (Å²) in [6.07, 6.45) is 0.326. The van der Waals surface area contributed by atoms with E-state index >= 15 is 0 Å². The third-order valence-electron chi connectivity index (χ3n) is 3.86. The summed E-state index contributed by atoms with van der Waals surface area (Å²) < 4.78 is 47.8. The van der Waals surface area contributed by atoms with Crippen LogP contribution in [0.4, 0.5) is 25.8 Å². The van der Waals surface area contributed by atoms with Gasteiger partial charge in [0.1, 0.15) is 0 Å². The first-order chi connectivity index (χ1) is 11.3. The van der Waals surface area contributed by atoms with Crippen molar-refractivity contribution in [1.29, 1.82) is 0 Å². The first-order valence-electron chi connectivity index (χ1n) is 7.07. The third-order valence-corrected chi connectivity index (χ3v) is 5.26. The molecule has 1 amide bonds. The summed E-state index contributed by atoms with van der Waals surface area (Å²) in [6, 6.07) is 10.5. The number of benzene rings is 2. The van der Waals surface area contributed by atoms with E-state index in [0.717, 1.165) is 29.1 Å². The normalized spacial score (nSPS) is 14.2. The van der Waals surface area contributed by atoms with Crippen LogP contribution in [0.5, 0.6) is 0 Å². The Morgan fingerprint density at radius 1 is 1.08 bits per heavy atom. The SMILES string of the molecule is CN1C(=O)Cc2cc(Nc3ccc(S(=O)(=O)C(F)F)cc3)ccc21. The minimum absolute atomic E-state index is 0.0173. The molecule has 2 aromatic carbocycles. The topological polar surface area (TPSA) is 66.5 Å². The van der Waals surface area contributed by atoms with Crippen molar-refractivity contribution in [2.75, 3.05) is 17.3 Å². The highest BCUT2D eigenvalue weighted by Crippen LogP contribution is 2.31. The Balaban J connectivity index is 1.81. The summed E-state index contributed by atoms with van der Waals surface area (Å²) in [7, 11) is -2.88. The van der Waals surface area contributed by atoms with Crippen LogP contribution in [0, 0.1) is 0 Å². The van der Waals surface area contributed by atoms with Crippen molar-refractivity contribution >= 4 is 32.8 Å². The average Bonchev–Trinajstić information content (AvgIpc) is 2.82. The summed E-state index contributed by atoms with van der Waals surface area (Å²) in [5.74, 6) is -3.42. The molecule has 0 saturated heterocycles. The molecule has 0 aliphatic carbocycles. The van der Waals surface area contributed by atoms with E-state index in [2.05, 4.69) is 5.32 Å². The van der Waals surface area contributed by atoms with Crippen LogP contribution in [0.15, 0.2) is 47.4 Å². The number of hydrogen-bond donors (Lipinski definition) is 1. The molecule has 3 rings (SSSR count). The Hall–Kier alpha value is -2.48. The Kier molecular flexibility index (Phi) is 4.00. The number of halogens is 2. The highest BCUT2D eigenvalue weighted by atomic mass is 32.2. The fourth-order valence-electron chi connectivity index (χ4n) is 2.55. The number of carbonyl (C=O) groups excluding carboxylic acids is 1. The summed E-state index contributed by atoms with van der Waals surface area (Å²) in [4.78, 5) is 12.8. The van der Waals surface area contributed by atoms with Gasteiger partial charge in [0.15, 0.2) is 0 Å². The minimum atomic E-state index is -4.59. The number of sulfone groups is 1. The summed E-state index contributed by atoms with van der Waals surface area (Å²) in [5, 5.41) is 3.06. The van der Waals surface area contributed by atoms with Gasteiger partial charge in [0.25, 0.3) is 0 Å². The number of carbonyl (C=O) groups is 1. The second-order valence-electron chi connectivity index (χ2n) is 5.43. The van der Waals surface area contributed by atoms with Crippen molar-refractivity contribution in [3.8, 4) is 0 Å². The lowest BCUT2D eigenvalue weighted by Crippen LogP contribution is -2.20. The molecule has 0 atom stereocenters. The van der Waals surface area contributed by atoms with E-state index in [1.165, 1.54) is 12.1 Å². The maximum atomic E-state index is 12.5. The fraction of sp³-hybridized carbons (Fsp3) is 0.188. The van der Waals surface area contributed by atoms with Gasteiger partial charge in [-0.25, -0.2) is 8.42 Å². The molecule has 0 unspecified atom stereocenters. The molecular formula is C16H14F2N2O3S. The molecule has 1 N–H and O–H groups in total. The second kappa shape index (κ2) is 5.86. The van der Waals surface area contributed by atoms with E-state index in [4.69, 9.17) is 0 Å². The van der Waals surface area contributed by atoms with Gasteiger partial charge in [-0.2, -0.15) is 8.78 Å². The molecule has 1 aliphatic heterocycles. The number of nitrogens with one attached hydrogen (secondary N) is 1. The molecule has 0 fully saturated rings. The Morgan fingerprint density at radius 3 is 2.33 bits per heavy atom. The van der Waals surface area contributed by atoms with Crippen molar-refractivity contribution in [3.05, 3.63) is 48.0 Å². The molecule has 5 nitrogen and oxygen atoms in total. The predicted octanol–water partition coefficient (Wildman–Crippen LogP) is 2.95. The molecule has 126 valence electrons. The quantitative estimate of drug-likeness (QED) is 0.919. The first-order valence-corrected chi connectivity index (χ1v) is 8.62. The average molecular weight is 352 g/mol. The maximum absolute atomic E-state index is 12.5. The van der Waals surface area contributed by atoms with Gasteiger partial charge >= 0.3 is 5.76 Å². The molecule has 8 heteroatoms. The smallest absolute Gasteiger partial charge is 0.341 e. The van der Waals surface area contributed by atoms with Crippen molar-refractivity contribution in [2.24, 2.45) is 0 Å². The van der Waals surface area contributed by atoms with E-state index in [-0.39, 0.29) is 5.91 Å². The lowest BCUT2D eigenvalue weighted by Gasteiger charge is -2.12. The van der Waals surface area contributed by atoms with Crippen molar-refractivity contribution in [2.45, 2.75) is 17.1 Å². The molecular weight excluding hydrogens is 338 g/mol. The van der Waals surface area contributed by atoms with Gasteiger partial charge in [-0.15, -0.1) is 0 Å². The van der Waals surface area contributed by atoms with Crippen LogP contribution in [-0.2, 0) is 21.1 Å². The molecule has 2 aromatic rings. The number of rotatable bonds is 4. The second-order valence-corrected chi connectivity index (χ2v) is 7.35. The Morgan fingerprint density at radius 2 is 1.71 bits per heavy atom. The predicted molar refractivity (Wildman–Crippen MR) is 86.5 cm³/mol. The number of likely N-dealkylation sites (N-methyl/N-ethyl adjacent to an activating group) is 1. The number of hydrogen-bond acceptors (Lipinski definition) is 4. The van der Waals surface area contributed by atoms with E-state index in [1.807, 2.05) is 12.1 Å². The Bertz CT molecular complexity index is 896. The van der Waals surface area contributed by atoms with Gasteiger partial charge < -0.3 is 10.2 Å². The molecule has 0 radical (unpaired) electrons. The molecule has 1 heterocycles. The highest BCUT2D eigenvalue weighted by molar-refractivity contribution is 7.91. The minimum Gasteiger partial charge on any atom is -0.356 e. The van der Waals surface area contributed by atoms with Gasteiger partial charge in [-0.05, 0) is 48.0 Å². The number of alkyl halides is 2. The number of anilines is 3. The van der Waals surface area contributed by atoms with E-state index in [9.17, 15) is 22.0 Å². The first kappa shape index (κ1) is 16.4. The van der Waals surface area contributed by atoms with E-state index in [1.54, 1.807) is 18.0 Å². The van der Waals surface area contributed by atoms with E-state index < -0.39 is 20.5 Å². The zero-order chi connectivity index (χ0) is 17.5. The van der Waals surface area contributed by atoms with Crippen LogP contribution in [0.25, 0.3) is 0 Å². The third kappa shape index (κ3) is 2.84. The van der Waals surface area contributed by atoms with E-state index in [0.29, 0.717) is 12.1 Å². The standard InChI is InChI=1S/C16H14F2N2O3S/c1-20-14-7-4-12(8-10(14)9-15(20)21)19-11-2-5-13(6-3-11)24(22,23)16(17)18/h2-8,16,19H,9H2,1H3. The van der Waals surface area contributed by atoms with Gasteiger partial charge in [0.2, 0.25) is 15.7 Å². The van der Waals surface area contributed by atoms with Crippen LogP contribution in [-0.4, -0.2) is 27.1 Å². The molecule has 0 saturated carbocycles. The molecule has 24 heavy (non-hydrogen) atoms. The number of nitrogens with zero attached hydrogens (tertiary/aromatic N) is 1. The van der Waals surface area contributed by atoms with Crippen LogP contribution in [0.3, 0.4) is 0 Å². The van der Waals surface area contributed by atoms with Crippen molar-refractivity contribution in [1.82, 2.24) is 0 Å².